The molecule has 0 amide bonds. The van der Waals surface area contributed by atoms with Crippen molar-refractivity contribution in [1.82, 2.24) is 14.1 Å². The van der Waals surface area contributed by atoms with Crippen LogP contribution in [0.4, 0.5) is 0 Å². The maximum atomic E-state index is 13.0. The number of aromatic nitrogens is 3. The van der Waals surface area contributed by atoms with Gasteiger partial charge in [0.05, 0.1) is 12.5 Å². The van der Waals surface area contributed by atoms with Crippen LogP contribution in [0.5, 0.6) is 5.75 Å². The summed E-state index contributed by atoms with van der Waals surface area (Å²) in [5.74, 6) is 0.567. The molecule has 0 bridgehead atoms. The van der Waals surface area contributed by atoms with Crippen molar-refractivity contribution < 1.29 is 14.3 Å². The summed E-state index contributed by atoms with van der Waals surface area (Å²) in [6, 6.07) is 8.01. The van der Waals surface area contributed by atoms with E-state index in [1.165, 1.54) is 25.8 Å². The lowest BCUT2D eigenvalue weighted by molar-refractivity contribution is 0.249. The van der Waals surface area contributed by atoms with Crippen LogP contribution in [-0.4, -0.2) is 26.3 Å². The van der Waals surface area contributed by atoms with E-state index in [2.05, 4.69) is 4.98 Å². The molecule has 9 heteroatoms. The number of methoxy groups -OCH3 is 1. The van der Waals surface area contributed by atoms with E-state index in [0.717, 1.165) is 10.6 Å². The molecular formula is C20H17N3O6. The topological polar surface area (TPSA) is 117 Å². The van der Waals surface area contributed by atoms with Crippen molar-refractivity contribution in [2.45, 2.75) is 6.61 Å². The number of hydrogen-bond donors (Lipinski definition) is 1. The van der Waals surface area contributed by atoms with Crippen LogP contribution in [0.2, 0.25) is 0 Å². The van der Waals surface area contributed by atoms with Gasteiger partial charge in [-0.3, -0.25) is 18.7 Å². The van der Waals surface area contributed by atoms with Gasteiger partial charge in [-0.15, -0.1) is 0 Å². The van der Waals surface area contributed by atoms with Crippen LogP contribution in [0.25, 0.3) is 33.3 Å². The molecule has 0 aliphatic rings. The summed E-state index contributed by atoms with van der Waals surface area (Å²) in [7, 11) is 4.35. The molecule has 0 spiro atoms. The third-order valence-electron chi connectivity index (χ3n) is 4.82. The van der Waals surface area contributed by atoms with Gasteiger partial charge >= 0.3 is 5.69 Å². The smallest absolute Gasteiger partial charge is 0.332 e. The van der Waals surface area contributed by atoms with Gasteiger partial charge in [-0.25, -0.2) is 9.78 Å². The second-order valence-corrected chi connectivity index (χ2v) is 6.54. The van der Waals surface area contributed by atoms with Gasteiger partial charge in [-0.1, -0.05) is 12.1 Å². The first-order valence-electron chi connectivity index (χ1n) is 8.69. The lowest BCUT2D eigenvalue weighted by Gasteiger charge is -2.14. The number of pyridine rings is 1. The van der Waals surface area contributed by atoms with Gasteiger partial charge in [0.2, 0.25) is 5.43 Å². The Morgan fingerprint density at radius 3 is 2.59 bits per heavy atom. The summed E-state index contributed by atoms with van der Waals surface area (Å²) in [4.78, 5) is 42.3. The van der Waals surface area contributed by atoms with Crippen LogP contribution in [0.1, 0.15) is 5.76 Å². The first kappa shape index (κ1) is 18.6. The molecule has 0 saturated carbocycles. The normalized spacial score (nSPS) is 11.3. The van der Waals surface area contributed by atoms with Gasteiger partial charge in [-0.05, 0) is 17.7 Å². The maximum Gasteiger partial charge on any atom is 0.332 e. The van der Waals surface area contributed by atoms with E-state index in [1.807, 2.05) is 0 Å². The summed E-state index contributed by atoms with van der Waals surface area (Å²) < 4.78 is 13.2. The molecule has 9 nitrogen and oxygen atoms in total. The number of rotatable bonds is 3. The van der Waals surface area contributed by atoms with Crippen molar-refractivity contribution in [3.63, 3.8) is 0 Å². The number of ether oxygens (including phenoxy) is 1. The minimum atomic E-state index is -0.577. The zero-order valence-electron chi connectivity index (χ0n) is 15.9. The number of aryl methyl sites for hydroxylation is 1. The van der Waals surface area contributed by atoms with E-state index >= 15 is 0 Å². The van der Waals surface area contributed by atoms with E-state index in [4.69, 9.17) is 9.15 Å². The highest BCUT2D eigenvalue weighted by molar-refractivity contribution is 6.05. The second-order valence-electron chi connectivity index (χ2n) is 6.54. The minimum Gasteiger partial charge on any atom is -0.497 e. The Kier molecular flexibility index (Phi) is 4.31. The molecule has 29 heavy (non-hydrogen) atoms. The quantitative estimate of drug-likeness (QED) is 0.513. The van der Waals surface area contributed by atoms with Gasteiger partial charge in [0.1, 0.15) is 18.1 Å². The molecule has 0 aliphatic carbocycles. The SMILES string of the molecule is COc1cccc(-c2c3oc(CO)cc(=O)c3nc3c2c(=O)n(C)c(=O)n3C)c1. The van der Waals surface area contributed by atoms with Crippen LogP contribution < -0.4 is 21.4 Å². The highest BCUT2D eigenvalue weighted by Gasteiger charge is 2.22. The molecule has 0 radical (unpaired) electrons. The molecule has 0 aliphatic heterocycles. The monoisotopic (exact) mass is 395 g/mol. The molecule has 3 heterocycles. The zero-order chi connectivity index (χ0) is 20.9. The Bertz CT molecular complexity index is 1460. The highest BCUT2D eigenvalue weighted by Crippen LogP contribution is 2.33. The number of nitrogens with zero attached hydrogens (tertiary/aromatic N) is 3. The molecule has 0 fully saturated rings. The number of hydrogen-bond acceptors (Lipinski definition) is 7. The molecule has 0 atom stereocenters. The van der Waals surface area contributed by atoms with Crippen molar-refractivity contribution in [3.05, 3.63) is 67.2 Å². The molecule has 1 aromatic carbocycles. The molecule has 4 rings (SSSR count). The maximum absolute atomic E-state index is 13.0. The summed E-state index contributed by atoms with van der Waals surface area (Å²) in [6.07, 6.45) is 0. The first-order valence-corrected chi connectivity index (χ1v) is 8.69. The highest BCUT2D eigenvalue weighted by atomic mass is 16.5. The zero-order valence-corrected chi connectivity index (χ0v) is 15.9. The fraction of sp³-hybridized carbons (Fsp3) is 0.200. The second kappa shape index (κ2) is 6.71. The van der Waals surface area contributed by atoms with Crippen molar-refractivity contribution in [1.29, 1.82) is 0 Å². The lowest BCUT2D eigenvalue weighted by Crippen LogP contribution is -2.37. The van der Waals surface area contributed by atoms with Crippen molar-refractivity contribution >= 4 is 22.1 Å². The van der Waals surface area contributed by atoms with Crippen molar-refractivity contribution in [2.24, 2.45) is 14.1 Å². The summed E-state index contributed by atoms with van der Waals surface area (Å²) in [6.45, 7) is -0.494. The number of benzene rings is 1. The third kappa shape index (κ3) is 2.74. The average molecular weight is 395 g/mol. The molecule has 0 unspecified atom stereocenters. The number of aliphatic hydroxyl groups excluding tert-OH is 1. The summed E-state index contributed by atoms with van der Waals surface area (Å²) in [5.41, 5.74) is -0.728. The van der Waals surface area contributed by atoms with Crippen LogP contribution in [0.15, 0.2) is 49.1 Å². The molecule has 148 valence electrons. The van der Waals surface area contributed by atoms with E-state index in [0.29, 0.717) is 16.9 Å². The van der Waals surface area contributed by atoms with E-state index in [1.54, 1.807) is 24.3 Å². The molecule has 3 aromatic heterocycles. The predicted molar refractivity (Wildman–Crippen MR) is 106 cm³/mol. The van der Waals surface area contributed by atoms with Gasteiger partial charge in [-0.2, -0.15) is 0 Å². The Morgan fingerprint density at radius 2 is 1.90 bits per heavy atom. The van der Waals surface area contributed by atoms with Crippen LogP contribution in [0, 0.1) is 0 Å². The van der Waals surface area contributed by atoms with E-state index in [9.17, 15) is 19.5 Å². The van der Waals surface area contributed by atoms with Gasteiger partial charge in [0.15, 0.2) is 16.7 Å². The van der Waals surface area contributed by atoms with Gasteiger partial charge in [0.25, 0.3) is 5.56 Å². The standard InChI is InChI=1S/C20H17N3O6/c1-22-18-15(19(26)23(2)20(22)27)14(10-5-4-6-11(7-10)28-3)17-16(21-18)13(25)8-12(9-24)29-17/h4-8,24H,9H2,1-3H3. The average Bonchev–Trinajstić information content (AvgIpc) is 2.74. The van der Waals surface area contributed by atoms with Gasteiger partial charge in [0, 0.05) is 25.7 Å². The lowest BCUT2D eigenvalue weighted by atomic mass is 10.0. The largest absolute Gasteiger partial charge is 0.497 e. The van der Waals surface area contributed by atoms with Crippen LogP contribution >= 0.6 is 0 Å². The van der Waals surface area contributed by atoms with Crippen molar-refractivity contribution in [3.8, 4) is 16.9 Å². The summed E-state index contributed by atoms with van der Waals surface area (Å²) >= 11 is 0. The Morgan fingerprint density at radius 1 is 1.14 bits per heavy atom. The Hall–Kier alpha value is -3.72. The van der Waals surface area contributed by atoms with Gasteiger partial charge < -0.3 is 14.3 Å². The minimum absolute atomic E-state index is 0.0365. The fourth-order valence-electron chi connectivity index (χ4n) is 3.35. The first-order chi connectivity index (χ1) is 13.9. The van der Waals surface area contributed by atoms with E-state index in [-0.39, 0.29) is 27.9 Å². The van der Waals surface area contributed by atoms with E-state index < -0.39 is 23.3 Å². The van der Waals surface area contributed by atoms with Crippen LogP contribution in [0.3, 0.4) is 0 Å². The fourth-order valence-corrected chi connectivity index (χ4v) is 3.35. The predicted octanol–water partition coefficient (Wildman–Crippen LogP) is 0.906. The number of aliphatic hydroxyl groups is 1. The number of fused-ring (bicyclic) bond motifs is 2. The van der Waals surface area contributed by atoms with Crippen molar-refractivity contribution in [2.75, 3.05) is 7.11 Å². The Balaban J connectivity index is 2.37. The molecular weight excluding hydrogens is 378 g/mol. The Labute approximate surface area is 163 Å². The molecule has 1 N–H and O–H groups in total. The third-order valence-corrected chi connectivity index (χ3v) is 4.82. The van der Waals surface area contributed by atoms with Crippen LogP contribution in [-0.2, 0) is 20.7 Å². The molecule has 4 aromatic rings. The molecule has 0 saturated heterocycles. The summed E-state index contributed by atoms with van der Waals surface area (Å²) in [5, 5.41) is 9.59.